The number of aliphatic hydroxyl groups is 1. The van der Waals surface area contributed by atoms with Crippen LogP contribution in [0.5, 0.6) is 0 Å². The molecule has 1 saturated heterocycles. The molecule has 208 valence electrons. The van der Waals surface area contributed by atoms with E-state index in [1.165, 1.54) is 16.8 Å². The van der Waals surface area contributed by atoms with E-state index in [2.05, 4.69) is 101 Å². The Morgan fingerprint density at radius 3 is 2.16 bits per heavy atom. The SMILES string of the molecule is C[C@H](CCC/C=C/C[C@H](O)[C@H]1COC2(CCCCC2)O1)O[Si](c1ccccc1)(c1ccccc1)C(C)(C)C. The van der Waals surface area contributed by atoms with E-state index in [1.54, 1.807) is 0 Å². The van der Waals surface area contributed by atoms with E-state index in [0.717, 1.165) is 44.9 Å². The molecule has 2 fully saturated rings. The Labute approximate surface area is 231 Å². The van der Waals surface area contributed by atoms with E-state index in [9.17, 15) is 5.11 Å². The molecule has 2 aromatic rings. The quantitative estimate of drug-likeness (QED) is 0.202. The molecule has 2 aliphatic rings. The molecule has 0 radical (unpaired) electrons. The topological polar surface area (TPSA) is 47.9 Å². The van der Waals surface area contributed by atoms with Gasteiger partial charge in [-0.3, -0.25) is 0 Å². The number of allylic oxidation sites excluding steroid dienone is 1. The highest BCUT2D eigenvalue weighted by atomic mass is 28.4. The van der Waals surface area contributed by atoms with E-state index in [1.807, 2.05) is 0 Å². The van der Waals surface area contributed by atoms with Crippen LogP contribution in [-0.4, -0.2) is 44.1 Å². The first kappa shape index (κ1) is 29.2. The molecule has 0 unspecified atom stereocenters. The number of hydrogen-bond donors (Lipinski definition) is 1. The average Bonchev–Trinajstić information content (AvgIpc) is 3.33. The monoisotopic (exact) mass is 536 g/mol. The Kier molecular flexibility index (Phi) is 10.0. The predicted molar refractivity (Wildman–Crippen MR) is 158 cm³/mol. The summed E-state index contributed by atoms with van der Waals surface area (Å²) in [5.41, 5.74) is 0. The number of hydrogen-bond acceptors (Lipinski definition) is 4. The Morgan fingerprint density at radius 1 is 0.974 bits per heavy atom. The van der Waals surface area contributed by atoms with Crippen LogP contribution in [-0.2, 0) is 13.9 Å². The lowest BCUT2D eigenvalue weighted by Gasteiger charge is -2.44. The second kappa shape index (κ2) is 13.1. The van der Waals surface area contributed by atoms with Gasteiger partial charge in [0.25, 0.3) is 8.32 Å². The number of aliphatic hydroxyl groups excluding tert-OH is 1. The van der Waals surface area contributed by atoms with E-state index < -0.39 is 20.2 Å². The van der Waals surface area contributed by atoms with Crippen LogP contribution in [0.3, 0.4) is 0 Å². The molecule has 1 saturated carbocycles. The summed E-state index contributed by atoms with van der Waals surface area (Å²) in [4.78, 5) is 0. The minimum Gasteiger partial charge on any atom is -0.405 e. The van der Waals surface area contributed by atoms with Crippen LogP contribution < -0.4 is 10.4 Å². The van der Waals surface area contributed by atoms with Crippen molar-refractivity contribution in [1.29, 1.82) is 0 Å². The van der Waals surface area contributed by atoms with Gasteiger partial charge in [-0.25, -0.2) is 0 Å². The summed E-state index contributed by atoms with van der Waals surface area (Å²) in [6.07, 6.45) is 12.9. The molecule has 5 heteroatoms. The first-order valence-electron chi connectivity index (χ1n) is 14.7. The Morgan fingerprint density at radius 2 is 1.58 bits per heavy atom. The molecule has 2 aromatic carbocycles. The van der Waals surface area contributed by atoms with Gasteiger partial charge in [-0.15, -0.1) is 0 Å². The van der Waals surface area contributed by atoms with Gasteiger partial charge in [-0.05, 0) is 60.9 Å². The summed E-state index contributed by atoms with van der Waals surface area (Å²) < 4.78 is 19.4. The summed E-state index contributed by atoms with van der Waals surface area (Å²) in [7, 11) is -2.51. The van der Waals surface area contributed by atoms with Gasteiger partial charge >= 0.3 is 0 Å². The van der Waals surface area contributed by atoms with Crippen LogP contribution in [0.15, 0.2) is 72.8 Å². The van der Waals surface area contributed by atoms with Crippen molar-refractivity contribution in [2.24, 2.45) is 0 Å². The minimum absolute atomic E-state index is 0.0117. The second-order valence-electron chi connectivity index (χ2n) is 12.2. The van der Waals surface area contributed by atoms with Gasteiger partial charge in [0.1, 0.15) is 6.10 Å². The fourth-order valence-electron chi connectivity index (χ4n) is 6.20. The summed E-state index contributed by atoms with van der Waals surface area (Å²) >= 11 is 0. The lowest BCUT2D eigenvalue weighted by Crippen LogP contribution is -2.67. The van der Waals surface area contributed by atoms with Gasteiger partial charge in [0.15, 0.2) is 5.79 Å². The summed E-state index contributed by atoms with van der Waals surface area (Å²) in [5.74, 6) is -0.422. The highest BCUT2D eigenvalue weighted by molar-refractivity contribution is 6.99. The Hall–Kier alpha value is -1.76. The Balaban J connectivity index is 1.30. The van der Waals surface area contributed by atoms with Crippen LogP contribution in [0.25, 0.3) is 0 Å². The molecule has 4 nitrogen and oxygen atoms in total. The van der Waals surface area contributed by atoms with E-state index >= 15 is 0 Å². The van der Waals surface area contributed by atoms with Crippen molar-refractivity contribution in [3.63, 3.8) is 0 Å². The minimum atomic E-state index is -2.51. The van der Waals surface area contributed by atoms with Gasteiger partial charge in [0, 0.05) is 18.9 Å². The van der Waals surface area contributed by atoms with Crippen molar-refractivity contribution in [2.45, 2.75) is 115 Å². The van der Waals surface area contributed by atoms with Crippen molar-refractivity contribution in [1.82, 2.24) is 0 Å². The zero-order chi connectivity index (χ0) is 27.1. The van der Waals surface area contributed by atoms with Gasteiger partial charge in [0.2, 0.25) is 0 Å². The standard InChI is InChI=1S/C33H48O4Si/c1-27(18-10-5-6-15-23-30(34)31-26-35-33(36-31)24-16-9-17-25-33)37-38(32(2,3)4,28-19-11-7-12-20-28)29-21-13-8-14-22-29/h6-8,11-15,19-22,27,30-31,34H,5,9-10,16-18,23-26H2,1-4H3/b15-6+/t27-,30+,31-/m1/s1. The molecular formula is C33H48O4Si. The number of ether oxygens (including phenoxy) is 2. The van der Waals surface area contributed by atoms with E-state index in [4.69, 9.17) is 13.9 Å². The summed E-state index contributed by atoms with van der Waals surface area (Å²) in [5, 5.41) is 13.3. The van der Waals surface area contributed by atoms with Crippen molar-refractivity contribution in [3.8, 4) is 0 Å². The molecule has 38 heavy (non-hydrogen) atoms. The molecule has 4 rings (SSSR count). The van der Waals surface area contributed by atoms with Gasteiger partial charge in [-0.2, -0.15) is 0 Å². The largest absolute Gasteiger partial charge is 0.405 e. The molecule has 1 aliphatic carbocycles. The van der Waals surface area contributed by atoms with Crippen molar-refractivity contribution >= 4 is 18.7 Å². The average molecular weight is 537 g/mol. The number of benzene rings is 2. The van der Waals surface area contributed by atoms with E-state index in [-0.39, 0.29) is 17.2 Å². The molecule has 0 amide bonds. The van der Waals surface area contributed by atoms with E-state index in [0.29, 0.717) is 13.0 Å². The maximum absolute atomic E-state index is 10.7. The third-order valence-electron chi connectivity index (χ3n) is 8.24. The van der Waals surface area contributed by atoms with Crippen molar-refractivity contribution < 1.29 is 19.0 Å². The molecule has 0 aromatic heterocycles. The highest BCUT2D eigenvalue weighted by Gasteiger charge is 2.51. The smallest absolute Gasteiger partial charge is 0.261 e. The fourth-order valence-corrected chi connectivity index (χ4v) is 10.9. The fraction of sp³-hybridized carbons (Fsp3) is 0.576. The molecular weight excluding hydrogens is 488 g/mol. The van der Waals surface area contributed by atoms with Crippen LogP contribution >= 0.6 is 0 Å². The van der Waals surface area contributed by atoms with Crippen LogP contribution in [0, 0.1) is 0 Å². The lowest BCUT2D eigenvalue weighted by molar-refractivity contribution is -0.195. The highest BCUT2D eigenvalue weighted by Crippen LogP contribution is 2.39. The van der Waals surface area contributed by atoms with Crippen molar-refractivity contribution in [2.75, 3.05) is 6.61 Å². The lowest BCUT2D eigenvalue weighted by atomic mass is 9.94. The zero-order valence-electron chi connectivity index (χ0n) is 23.9. The van der Waals surface area contributed by atoms with Crippen molar-refractivity contribution in [3.05, 3.63) is 72.8 Å². The second-order valence-corrected chi connectivity index (χ2v) is 16.5. The summed E-state index contributed by atoms with van der Waals surface area (Å²) in [6.45, 7) is 9.72. The van der Waals surface area contributed by atoms with Crippen LogP contribution in [0.2, 0.25) is 5.04 Å². The maximum atomic E-state index is 10.7. The molecule has 1 heterocycles. The zero-order valence-corrected chi connectivity index (χ0v) is 24.9. The van der Waals surface area contributed by atoms with Crippen LogP contribution in [0.1, 0.15) is 85.5 Å². The third kappa shape index (κ3) is 6.86. The molecule has 3 atom stereocenters. The first-order chi connectivity index (χ1) is 18.3. The van der Waals surface area contributed by atoms with Gasteiger partial charge in [0.05, 0.1) is 12.7 Å². The normalized spacial score (nSPS) is 21.7. The summed E-state index contributed by atoms with van der Waals surface area (Å²) in [6, 6.07) is 21.7. The Bertz CT molecular complexity index is 955. The molecule has 1 spiro atoms. The molecule has 1 aliphatic heterocycles. The first-order valence-corrected chi connectivity index (χ1v) is 16.6. The molecule has 1 N–H and O–H groups in total. The number of unbranched alkanes of at least 4 members (excludes halogenated alkanes) is 1. The molecule has 0 bridgehead atoms. The third-order valence-corrected chi connectivity index (χ3v) is 13.4. The maximum Gasteiger partial charge on any atom is 0.261 e. The van der Waals surface area contributed by atoms with Crippen LogP contribution in [0.4, 0.5) is 0 Å². The van der Waals surface area contributed by atoms with Gasteiger partial charge in [-0.1, -0.05) is 100 Å². The van der Waals surface area contributed by atoms with Gasteiger partial charge < -0.3 is 19.0 Å². The predicted octanol–water partition coefficient (Wildman–Crippen LogP) is 6.50. The number of rotatable bonds is 11.